The van der Waals surface area contributed by atoms with Crippen LogP contribution in [0.4, 0.5) is 4.39 Å². The fraction of sp³-hybridized carbons (Fsp3) is 0.571. The second-order valence-electron chi connectivity index (χ2n) is 8.26. The van der Waals surface area contributed by atoms with Crippen molar-refractivity contribution in [3.63, 3.8) is 0 Å². The molecule has 3 fully saturated rings. The molecular weight excluding hydrogens is 373 g/mol. The predicted molar refractivity (Wildman–Crippen MR) is 104 cm³/mol. The molecule has 0 aromatic heterocycles. The van der Waals surface area contributed by atoms with E-state index >= 15 is 0 Å². The Labute approximate surface area is 169 Å². The lowest BCUT2D eigenvalue weighted by molar-refractivity contribution is -0.141. The highest BCUT2D eigenvalue weighted by Gasteiger charge is 2.51. The van der Waals surface area contributed by atoms with Crippen LogP contribution in [0, 0.1) is 17.1 Å². The molecule has 1 aromatic rings. The Morgan fingerprint density at radius 3 is 2.93 bits per heavy atom. The smallest absolute Gasteiger partial charge is 0.241 e. The lowest BCUT2D eigenvalue weighted by Gasteiger charge is -2.38. The summed E-state index contributed by atoms with van der Waals surface area (Å²) < 4.78 is 13.6. The van der Waals surface area contributed by atoms with E-state index in [0.29, 0.717) is 32.5 Å². The number of nitriles is 1. The van der Waals surface area contributed by atoms with Gasteiger partial charge in [0.2, 0.25) is 11.8 Å². The minimum absolute atomic E-state index is 0.00809. The van der Waals surface area contributed by atoms with Crippen LogP contribution in [0.5, 0.6) is 0 Å². The molecule has 0 aliphatic carbocycles. The van der Waals surface area contributed by atoms with Gasteiger partial charge >= 0.3 is 0 Å². The second kappa shape index (κ2) is 7.73. The molecule has 3 saturated heterocycles. The summed E-state index contributed by atoms with van der Waals surface area (Å²) in [5, 5.41) is 9.20. The van der Waals surface area contributed by atoms with Crippen molar-refractivity contribution in [2.45, 2.75) is 56.4 Å². The second-order valence-corrected chi connectivity index (χ2v) is 8.26. The SMILES string of the molecule is C[C@@H](c1cccc(F)c1)N1C(=O)[C@H]2CC1CN2C[C@H](N)C(=O)N1CCC[C@H]1C#N. The normalized spacial score (nSPS) is 28.6. The third kappa shape index (κ3) is 3.49. The van der Waals surface area contributed by atoms with Gasteiger partial charge in [-0.05, 0) is 43.9 Å². The Kier molecular flexibility index (Phi) is 5.28. The van der Waals surface area contributed by atoms with Crippen LogP contribution in [0.3, 0.4) is 0 Å². The summed E-state index contributed by atoms with van der Waals surface area (Å²) in [4.78, 5) is 31.1. The number of hydrogen-bond donors (Lipinski definition) is 1. The zero-order valence-corrected chi connectivity index (χ0v) is 16.5. The molecule has 2 bridgehead atoms. The summed E-state index contributed by atoms with van der Waals surface area (Å²) >= 11 is 0. The first-order valence-corrected chi connectivity index (χ1v) is 10.2. The van der Waals surface area contributed by atoms with E-state index in [2.05, 4.69) is 6.07 Å². The first-order chi connectivity index (χ1) is 13.9. The quantitative estimate of drug-likeness (QED) is 0.798. The fourth-order valence-corrected chi connectivity index (χ4v) is 5.03. The number of hydrogen-bond acceptors (Lipinski definition) is 5. The van der Waals surface area contributed by atoms with Crippen LogP contribution in [-0.2, 0) is 9.59 Å². The summed E-state index contributed by atoms with van der Waals surface area (Å²) in [6.45, 7) is 3.44. The lowest BCUT2D eigenvalue weighted by Crippen LogP contribution is -2.56. The van der Waals surface area contributed by atoms with Gasteiger partial charge in [0, 0.05) is 25.7 Å². The molecule has 1 aromatic carbocycles. The Balaban J connectivity index is 1.40. The van der Waals surface area contributed by atoms with Crippen molar-refractivity contribution in [2.75, 3.05) is 19.6 Å². The number of amides is 2. The molecule has 0 saturated carbocycles. The number of piperazine rings is 1. The van der Waals surface area contributed by atoms with E-state index in [-0.39, 0.29) is 35.8 Å². The van der Waals surface area contributed by atoms with Crippen LogP contribution in [-0.4, -0.2) is 70.3 Å². The highest BCUT2D eigenvalue weighted by atomic mass is 19.1. The number of nitrogens with two attached hydrogens (primary N) is 1. The molecule has 1 unspecified atom stereocenters. The van der Waals surface area contributed by atoms with Crippen LogP contribution >= 0.6 is 0 Å². The molecule has 3 aliphatic heterocycles. The van der Waals surface area contributed by atoms with Crippen LogP contribution in [0.1, 0.15) is 37.8 Å². The Morgan fingerprint density at radius 2 is 2.24 bits per heavy atom. The topological polar surface area (TPSA) is 93.7 Å². The van der Waals surface area contributed by atoms with E-state index in [0.717, 1.165) is 12.0 Å². The number of benzene rings is 1. The van der Waals surface area contributed by atoms with Crippen molar-refractivity contribution in [3.05, 3.63) is 35.6 Å². The number of halogens is 1. The van der Waals surface area contributed by atoms with E-state index in [1.165, 1.54) is 12.1 Å². The Morgan fingerprint density at radius 1 is 1.45 bits per heavy atom. The molecule has 0 radical (unpaired) electrons. The van der Waals surface area contributed by atoms with E-state index in [9.17, 15) is 19.2 Å². The van der Waals surface area contributed by atoms with Crippen LogP contribution < -0.4 is 5.73 Å². The van der Waals surface area contributed by atoms with Crippen molar-refractivity contribution >= 4 is 11.8 Å². The molecule has 2 amide bonds. The molecule has 0 spiro atoms. The van der Waals surface area contributed by atoms with Crippen molar-refractivity contribution in [1.82, 2.24) is 14.7 Å². The van der Waals surface area contributed by atoms with Crippen molar-refractivity contribution in [1.29, 1.82) is 5.26 Å². The number of likely N-dealkylation sites (tertiary alicyclic amines) is 3. The fourth-order valence-electron chi connectivity index (χ4n) is 5.03. The summed E-state index contributed by atoms with van der Waals surface area (Å²) in [5.41, 5.74) is 6.94. The Hall–Kier alpha value is -2.50. The molecule has 5 atom stereocenters. The third-order valence-electron chi connectivity index (χ3n) is 6.50. The maximum Gasteiger partial charge on any atom is 0.241 e. The number of rotatable bonds is 5. The van der Waals surface area contributed by atoms with Gasteiger partial charge in [-0.3, -0.25) is 14.5 Å². The molecule has 154 valence electrons. The number of carbonyl (C=O) groups is 2. The van der Waals surface area contributed by atoms with E-state index in [1.807, 2.05) is 22.8 Å². The van der Waals surface area contributed by atoms with Crippen LogP contribution in [0.15, 0.2) is 24.3 Å². The van der Waals surface area contributed by atoms with Gasteiger partial charge in [0.15, 0.2) is 0 Å². The van der Waals surface area contributed by atoms with Crippen molar-refractivity contribution < 1.29 is 14.0 Å². The molecule has 7 nitrogen and oxygen atoms in total. The van der Waals surface area contributed by atoms with Crippen LogP contribution in [0.25, 0.3) is 0 Å². The average molecular weight is 399 g/mol. The number of fused-ring (bicyclic) bond motifs is 2. The zero-order chi connectivity index (χ0) is 20.7. The Bertz CT molecular complexity index is 856. The molecular formula is C21H26FN5O2. The molecule has 29 heavy (non-hydrogen) atoms. The van der Waals surface area contributed by atoms with Crippen molar-refractivity contribution in [3.8, 4) is 6.07 Å². The van der Waals surface area contributed by atoms with Gasteiger partial charge in [0.1, 0.15) is 11.9 Å². The first-order valence-electron chi connectivity index (χ1n) is 10.2. The number of nitrogens with zero attached hydrogens (tertiary/aromatic N) is 4. The van der Waals surface area contributed by atoms with Gasteiger partial charge in [0.25, 0.3) is 0 Å². The van der Waals surface area contributed by atoms with E-state index < -0.39 is 12.1 Å². The molecule has 3 heterocycles. The maximum absolute atomic E-state index is 13.6. The van der Waals surface area contributed by atoms with Crippen LogP contribution in [0.2, 0.25) is 0 Å². The maximum atomic E-state index is 13.6. The van der Waals surface area contributed by atoms with Gasteiger partial charge in [-0.15, -0.1) is 0 Å². The molecule has 8 heteroatoms. The highest BCUT2D eigenvalue weighted by molar-refractivity contribution is 5.87. The average Bonchev–Trinajstić information content (AvgIpc) is 3.41. The van der Waals surface area contributed by atoms with E-state index in [4.69, 9.17) is 5.73 Å². The lowest BCUT2D eigenvalue weighted by atomic mass is 10.1. The summed E-state index contributed by atoms with van der Waals surface area (Å²) in [6.07, 6.45) is 2.20. The molecule has 2 N–H and O–H groups in total. The standard InChI is InChI=1S/C21H26FN5O2/c1-13(14-4-2-5-15(22)8-14)27-17-9-19(21(27)29)25(11-17)12-18(24)20(28)26-7-3-6-16(26)10-23/h2,4-5,8,13,16-19H,3,6-7,9,11-12,24H2,1H3/t13-,16-,17?,18-,19+/m0/s1. The predicted octanol–water partition coefficient (Wildman–Crippen LogP) is 1.01. The zero-order valence-electron chi connectivity index (χ0n) is 16.5. The van der Waals surface area contributed by atoms with Gasteiger partial charge in [-0.1, -0.05) is 12.1 Å². The van der Waals surface area contributed by atoms with E-state index in [1.54, 1.807) is 11.0 Å². The third-order valence-corrected chi connectivity index (χ3v) is 6.50. The van der Waals surface area contributed by atoms with Gasteiger partial charge in [-0.25, -0.2) is 4.39 Å². The minimum Gasteiger partial charge on any atom is -0.330 e. The summed E-state index contributed by atoms with van der Waals surface area (Å²) in [5.74, 6) is -0.516. The van der Waals surface area contributed by atoms with Gasteiger partial charge < -0.3 is 15.5 Å². The monoisotopic (exact) mass is 399 g/mol. The minimum atomic E-state index is -0.745. The highest BCUT2D eigenvalue weighted by Crippen LogP contribution is 2.38. The first kappa shape index (κ1) is 19.8. The van der Waals surface area contributed by atoms with Crippen molar-refractivity contribution in [2.24, 2.45) is 5.73 Å². The van der Waals surface area contributed by atoms with Gasteiger partial charge in [0.05, 0.1) is 24.2 Å². The number of carbonyl (C=O) groups excluding carboxylic acids is 2. The van der Waals surface area contributed by atoms with Gasteiger partial charge in [-0.2, -0.15) is 5.26 Å². The molecule has 3 aliphatic rings. The molecule has 4 rings (SSSR count). The summed E-state index contributed by atoms with van der Waals surface area (Å²) in [7, 11) is 0. The summed E-state index contributed by atoms with van der Waals surface area (Å²) in [6, 6.07) is 6.92. The largest absolute Gasteiger partial charge is 0.330 e.